The molecule has 1 unspecified atom stereocenters. The first kappa shape index (κ1) is 9.68. The Morgan fingerprint density at radius 1 is 1.58 bits per heavy atom. The second-order valence-electron chi connectivity index (χ2n) is 3.59. The molecule has 1 aliphatic heterocycles. The molecule has 1 heterocycles. The molecule has 0 bridgehead atoms. The van der Waals surface area contributed by atoms with Crippen LogP contribution in [0.15, 0.2) is 0 Å². The lowest BCUT2D eigenvalue weighted by Gasteiger charge is -2.37. The number of hydrogen-bond acceptors (Lipinski definition) is 3. The number of ketones is 1. The highest BCUT2D eigenvalue weighted by molar-refractivity contribution is 5.91. The summed E-state index contributed by atoms with van der Waals surface area (Å²) in [5.41, 5.74) is -0.642. The van der Waals surface area contributed by atoms with Crippen molar-refractivity contribution in [1.29, 1.82) is 0 Å². The van der Waals surface area contributed by atoms with Crippen molar-refractivity contribution in [3.63, 3.8) is 0 Å². The molecule has 0 aromatic carbocycles. The molecule has 0 saturated carbocycles. The maximum atomic E-state index is 11.6. The SMILES string of the molecule is CO[C@]1(C)C[C@H](C)OC(C)C1=O. The Morgan fingerprint density at radius 2 is 2.17 bits per heavy atom. The number of hydrogen-bond donors (Lipinski definition) is 0. The van der Waals surface area contributed by atoms with Crippen LogP contribution in [0.2, 0.25) is 0 Å². The average Bonchev–Trinajstić information content (AvgIpc) is 2.00. The fourth-order valence-corrected chi connectivity index (χ4v) is 1.72. The number of carbonyl (C=O) groups excluding carboxylic acids is 1. The molecule has 1 fully saturated rings. The van der Waals surface area contributed by atoms with Gasteiger partial charge in [0, 0.05) is 13.5 Å². The van der Waals surface area contributed by atoms with Gasteiger partial charge in [-0.1, -0.05) is 0 Å². The summed E-state index contributed by atoms with van der Waals surface area (Å²) in [7, 11) is 1.57. The quantitative estimate of drug-likeness (QED) is 0.595. The fraction of sp³-hybridized carbons (Fsp3) is 0.889. The van der Waals surface area contributed by atoms with E-state index in [1.54, 1.807) is 14.0 Å². The molecule has 1 saturated heterocycles. The molecule has 0 spiro atoms. The molecule has 3 heteroatoms. The average molecular weight is 172 g/mol. The first-order valence-electron chi connectivity index (χ1n) is 4.24. The van der Waals surface area contributed by atoms with Gasteiger partial charge < -0.3 is 9.47 Å². The molecule has 3 atom stereocenters. The van der Waals surface area contributed by atoms with E-state index in [1.807, 2.05) is 13.8 Å². The number of methoxy groups -OCH3 is 1. The predicted octanol–water partition coefficient (Wildman–Crippen LogP) is 1.16. The summed E-state index contributed by atoms with van der Waals surface area (Å²) in [6.07, 6.45) is 0.411. The van der Waals surface area contributed by atoms with Gasteiger partial charge in [-0.15, -0.1) is 0 Å². The normalized spacial score (nSPS) is 43.2. The Kier molecular flexibility index (Phi) is 2.54. The summed E-state index contributed by atoms with van der Waals surface area (Å²) in [6.45, 7) is 5.56. The van der Waals surface area contributed by atoms with E-state index in [0.717, 1.165) is 0 Å². The highest BCUT2D eigenvalue weighted by Gasteiger charge is 2.42. The van der Waals surface area contributed by atoms with Crippen molar-refractivity contribution in [2.24, 2.45) is 0 Å². The third-order valence-electron chi connectivity index (χ3n) is 2.45. The van der Waals surface area contributed by atoms with E-state index in [1.165, 1.54) is 0 Å². The lowest BCUT2D eigenvalue weighted by molar-refractivity contribution is -0.172. The first-order valence-corrected chi connectivity index (χ1v) is 4.24. The Bertz CT molecular complexity index is 190. The van der Waals surface area contributed by atoms with Crippen molar-refractivity contribution in [2.45, 2.75) is 45.0 Å². The zero-order valence-electron chi connectivity index (χ0n) is 8.09. The van der Waals surface area contributed by atoms with Gasteiger partial charge in [0.05, 0.1) is 6.10 Å². The Hall–Kier alpha value is -0.410. The molecule has 1 aliphatic rings. The molecular formula is C9H16O3. The first-order chi connectivity index (χ1) is 5.49. The molecule has 12 heavy (non-hydrogen) atoms. The van der Waals surface area contributed by atoms with Crippen molar-refractivity contribution in [3.8, 4) is 0 Å². The molecule has 3 nitrogen and oxygen atoms in total. The third kappa shape index (κ3) is 1.52. The second-order valence-corrected chi connectivity index (χ2v) is 3.59. The zero-order chi connectivity index (χ0) is 9.35. The van der Waals surface area contributed by atoms with Crippen LogP contribution in [0.25, 0.3) is 0 Å². The van der Waals surface area contributed by atoms with Gasteiger partial charge in [-0.25, -0.2) is 0 Å². The molecule has 0 N–H and O–H groups in total. The summed E-state index contributed by atoms with van der Waals surface area (Å²) < 4.78 is 10.6. The number of carbonyl (C=O) groups is 1. The molecule has 0 aromatic rings. The standard InChI is InChI=1S/C9H16O3/c1-6-5-9(3,11-4)8(10)7(2)12-6/h6-7H,5H2,1-4H3/t6-,7?,9+/m0/s1. The molecule has 0 radical (unpaired) electrons. The largest absolute Gasteiger partial charge is 0.371 e. The van der Waals surface area contributed by atoms with Crippen molar-refractivity contribution >= 4 is 5.78 Å². The second kappa shape index (κ2) is 3.15. The van der Waals surface area contributed by atoms with E-state index in [0.29, 0.717) is 6.42 Å². The Labute approximate surface area is 73.0 Å². The van der Waals surface area contributed by atoms with Crippen LogP contribution < -0.4 is 0 Å². The van der Waals surface area contributed by atoms with Gasteiger partial charge in [-0.05, 0) is 20.8 Å². The van der Waals surface area contributed by atoms with Crippen LogP contribution in [0.5, 0.6) is 0 Å². The van der Waals surface area contributed by atoms with Gasteiger partial charge in [0.15, 0.2) is 5.78 Å². The number of rotatable bonds is 1. The number of ether oxygens (including phenoxy) is 2. The number of Topliss-reactive ketones (excluding diaryl/α,β-unsaturated/α-hetero) is 1. The lowest BCUT2D eigenvalue weighted by Crippen LogP contribution is -2.51. The van der Waals surface area contributed by atoms with Crippen molar-refractivity contribution in [1.82, 2.24) is 0 Å². The fourth-order valence-electron chi connectivity index (χ4n) is 1.72. The highest BCUT2D eigenvalue weighted by atomic mass is 16.5. The molecule has 0 aromatic heterocycles. The summed E-state index contributed by atoms with van der Waals surface area (Å²) in [4.78, 5) is 11.6. The van der Waals surface area contributed by atoms with Crippen molar-refractivity contribution in [2.75, 3.05) is 7.11 Å². The Morgan fingerprint density at radius 3 is 2.67 bits per heavy atom. The van der Waals surface area contributed by atoms with E-state index in [9.17, 15) is 4.79 Å². The van der Waals surface area contributed by atoms with Gasteiger partial charge in [-0.3, -0.25) is 4.79 Å². The van der Waals surface area contributed by atoms with Crippen LogP contribution in [0.1, 0.15) is 27.2 Å². The zero-order valence-corrected chi connectivity index (χ0v) is 8.09. The molecule has 1 rings (SSSR count). The molecular weight excluding hydrogens is 156 g/mol. The summed E-state index contributed by atoms with van der Waals surface area (Å²) in [5, 5.41) is 0. The maximum absolute atomic E-state index is 11.6. The Balaban J connectivity index is 2.79. The van der Waals surface area contributed by atoms with E-state index in [4.69, 9.17) is 9.47 Å². The van der Waals surface area contributed by atoms with Crippen LogP contribution >= 0.6 is 0 Å². The monoisotopic (exact) mass is 172 g/mol. The van der Waals surface area contributed by atoms with Crippen molar-refractivity contribution < 1.29 is 14.3 Å². The molecule has 0 aliphatic carbocycles. The van der Waals surface area contributed by atoms with E-state index >= 15 is 0 Å². The van der Waals surface area contributed by atoms with E-state index in [2.05, 4.69) is 0 Å². The summed E-state index contributed by atoms with van der Waals surface area (Å²) in [5.74, 6) is 0.0445. The van der Waals surface area contributed by atoms with Gasteiger partial charge in [0.2, 0.25) is 0 Å². The molecule has 70 valence electrons. The van der Waals surface area contributed by atoms with Crippen LogP contribution in [0.4, 0.5) is 0 Å². The van der Waals surface area contributed by atoms with Crippen LogP contribution in [-0.2, 0) is 14.3 Å². The van der Waals surface area contributed by atoms with Gasteiger partial charge in [0.1, 0.15) is 11.7 Å². The minimum atomic E-state index is -0.642. The van der Waals surface area contributed by atoms with Crippen LogP contribution in [0, 0.1) is 0 Å². The third-order valence-corrected chi connectivity index (χ3v) is 2.45. The van der Waals surface area contributed by atoms with Gasteiger partial charge in [-0.2, -0.15) is 0 Å². The van der Waals surface area contributed by atoms with Gasteiger partial charge >= 0.3 is 0 Å². The van der Waals surface area contributed by atoms with E-state index in [-0.39, 0.29) is 18.0 Å². The summed E-state index contributed by atoms with van der Waals surface area (Å²) >= 11 is 0. The van der Waals surface area contributed by atoms with Gasteiger partial charge in [0.25, 0.3) is 0 Å². The lowest BCUT2D eigenvalue weighted by atomic mass is 9.88. The predicted molar refractivity (Wildman–Crippen MR) is 45.0 cm³/mol. The van der Waals surface area contributed by atoms with E-state index < -0.39 is 5.60 Å². The van der Waals surface area contributed by atoms with Crippen molar-refractivity contribution in [3.05, 3.63) is 0 Å². The smallest absolute Gasteiger partial charge is 0.192 e. The maximum Gasteiger partial charge on any atom is 0.192 e. The molecule has 0 amide bonds. The minimum absolute atomic E-state index is 0.0445. The topological polar surface area (TPSA) is 35.5 Å². The minimum Gasteiger partial charge on any atom is -0.371 e. The van der Waals surface area contributed by atoms with Crippen LogP contribution in [-0.4, -0.2) is 30.7 Å². The highest BCUT2D eigenvalue weighted by Crippen LogP contribution is 2.27. The van der Waals surface area contributed by atoms with Crippen LogP contribution in [0.3, 0.4) is 0 Å². The summed E-state index contributed by atoms with van der Waals surface area (Å²) in [6, 6.07) is 0.